The first-order valence-corrected chi connectivity index (χ1v) is 6.08. The molecular formula is C12H15N3O3. The molecule has 1 atom stereocenters. The van der Waals surface area contributed by atoms with Crippen molar-refractivity contribution in [2.75, 3.05) is 31.1 Å². The molecule has 18 heavy (non-hydrogen) atoms. The number of benzene rings is 1. The SMILES string of the molecule is O=[N+]([O-])c1ccc2c(c1)COCC1CNCCN21. The predicted molar refractivity (Wildman–Crippen MR) is 66.8 cm³/mol. The second-order valence-corrected chi connectivity index (χ2v) is 4.64. The summed E-state index contributed by atoms with van der Waals surface area (Å²) < 4.78 is 5.62. The van der Waals surface area contributed by atoms with Crippen LogP contribution >= 0.6 is 0 Å². The summed E-state index contributed by atoms with van der Waals surface area (Å²) in [5, 5.41) is 14.1. The minimum atomic E-state index is -0.361. The van der Waals surface area contributed by atoms with Gasteiger partial charge in [0, 0.05) is 43.0 Å². The molecule has 2 aliphatic heterocycles. The van der Waals surface area contributed by atoms with Crippen molar-refractivity contribution >= 4 is 11.4 Å². The zero-order valence-electron chi connectivity index (χ0n) is 9.96. The van der Waals surface area contributed by atoms with Crippen LogP contribution in [0.25, 0.3) is 0 Å². The molecule has 1 fully saturated rings. The van der Waals surface area contributed by atoms with Gasteiger partial charge in [-0.15, -0.1) is 0 Å². The third kappa shape index (κ3) is 1.93. The van der Waals surface area contributed by atoms with Gasteiger partial charge in [0.15, 0.2) is 0 Å². The lowest BCUT2D eigenvalue weighted by molar-refractivity contribution is -0.384. The Hall–Kier alpha value is -1.66. The van der Waals surface area contributed by atoms with E-state index in [0.717, 1.165) is 30.9 Å². The number of nitrogens with zero attached hydrogens (tertiary/aromatic N) is 2. The van der Waals surface area contributed by atoms with Crippen LogP contribution in [0.4, 0.5) is 11.4 Å². The number of non-ortho nitro benzene ring substituents is 1. The zero-order valence-corrected chi connectivity index (χ0v) is 9.96. The van der Waals surface area contributed by atoms with Gasteiger partial charge in [0.25, 0.3) is 5.69 Å². The molecule has 0 radical (unpaired) electrons. The maximum Gasteiger partial charge on any atom is 0.269 e. The second kappa shape index (κ2) is 4.55. The molecule has 96 valence electrons. The summed E-state index contributed by atoms with van der Waals surface area (Å²) in [4.78, 5) is 12.7. The number of hydrogen-bond acceptors (Lipinski definition) is 5. The van der Waals surface area contributed by atoms with E-state index < -0.39 is 0 Å². The van der Waals surface area contributed by atoms with E-state index in [4.69, 9.17) is 4.74 Å². The Morgan fingerprint density at radius 1 is 1.50 bits per heavy atom. The summed E-state index contributed by atoms with van der Waals surface area (Å²) in [5.41, 5.74) is 2.11. The highest BCUT2D eigenvalue weighted by molar-refractivity contribution is 5.59. The number of hydrogen-bond donors (Lipinski definition) is 1. The predicted octanol–water partition coefficient (Wildman–Crippen LogP) is 0.903. The Morgan fingerprint density at radius 3 is 3.22 bits per heavy atom. The Kier molecular flexibility index (Phi) is 2.89. The molecule has 0 bridgehead atoms. The van der Waals surface area contributed by atoms with E-state index in [1.807, 2.05) is 6.07 Å². The maximum atomic E-state index is 10.8. The van der Waals surface area contributed by atoms with Crippen LogP contribution in [-0.2, 0) is 11.3 Å². The van der Waals surface area contributed by atoms with Gasteiger partial charge in [0.05, 0.1) is 24.2 Å². The van der Waals surface area contributed by atoms with Crippen LogP contribution in [0.2, 0.25) is 0 Å². The molecule has 1 saturated heterocycles. The molecule has 1 N–H and O–H groups in total. The van der Waals surface area contributed by atoms with Gasteiger partial charge in [-0.05, 0) is 6.07 Å². The van der Waals surface area contributed by atoms with Gasteiger partial charge in [0.2, 0.25) is 0 Å². The molecule has 0 spiro atoms. The molecule has 1 aromatic rings. The van der Waals surface area contributed by atoms with E-state index in [9.17, 15) is 10.1 Å². The van der Waals surface area contributed by atoms with Crippen LogP contribution in [0.5, 0.6) is 0 Å². The smallest absolute Gasteiger partial charge is 0.269 e. The van der Waals surface area contributed by atoms with E-state index >= 15 is 0 Å². The minimum absolute atomic E-state index is 0.130. The molecule has 0 aliphatic carbocycles. The maximum absolute atomic E-state index is 10.8. The third-order valence-corrected chi connectivity index (χ3v) is 3.50. The Labute approximate surface area is 105 Å². The summed E-state index contributed by atoms with van der Waals surface area (Å²) in [7, 11) is 0. The van der Waals surface area contributed by atoms with E-state index in [1.165, 1.54) is 0 Å². The summed E-state index contributed by atoms with van der Waals surface area (Å²) in [6.45, 7) is 3.86. The fourth-order valence-corrected chi connectivity index (χ4v) is 2.61. The van der Waals surface area contributed by atoms with Crippen molar-refractivity contribution in [1.82, 2.24) is 5.32 Å². The molecule has 1 aromatic carbocycles. The standard InChI is InChI=1S/C12H15N3O3/c16-15(17)10-1-2-12-9(5-10)7-18-8-11-6-13-3-4-14(11)12/h1-2,5,11,13H,3-4,6-8H2. The number of anilines is 1. The largest absolute Gasteiger partial charge is 0.375 e. The molecule has 3 rings (SSSR count). The van der Waals surface area contributed by atoms with Gasteiger partial charge in [-0.2, -0.15) is 0 Å². The molecule has 6 nitrogen and oxygen atoms in total. The van der Waals surface area contributed by atoms with Crippen molar-refractivity contribution < 1.29 is 9.66 Å². The van der Waals surface area contributed by atoms with Crippen molar-refractivity contribution in [1.29, 1.82) is 0 Å². The van der Waals surface area contributed by atoms with Crippen LogP contribution in [0.15, 0.2) is 18.2 Å². The number of nitro benzene ring substituents is 1. The minimum Gasteiger partial charge on any atom is -0.375 e. The molecule has 2 heterocycles. The first kappa shape index (κ1) is 11.4. The van der Waals surface area contributed by atoms with Crippen molar-refractivity contribution in [3.05, 3.63) is 33.9 Å². The molecule has 0 amide bonds. The van der Waals surface area contributed by atoms with Gasteiger partial charge in [-0.3, -0.25) is 10.1 Å². The molecule has 2 aliphatic rings. The highest BCUT2D eigenvalue weighted by Gasteiger charge is 2.28. The second-order valence-electron chi connectivity index (χ2n) is 4.64. The van der Waals surface area contributed by atoms with Crippen LogP contribution in [-0.4, -0.2) is 37.2 Å². The monoisotopic (exact) mass is 249 g/mol. The highest BCUT2D eigenvalue weighted by atomic mass is 16.6. The van der Waals surface area contributed by atoms with Crippen LogP contribution in [0, 0.1) is 10.1 Å². The van der Waals surface area contributed by atoms with E-state index in [0.29, 0.717) is 19.3 Å². The number of piperazine rings is 1. The Bertz CT molecular complexity index is 478. The number of rotatable bonds is 1. The quantitative estimate of drug-likeness (QED) is 0.591. The molecule has 0 saturated carbocycles. The third-order valence-electron chi connectivity index (χ3n) is 3.50. The lowest BCUT2D eigenvalue weighted by Crippen LogP contribution is -2.53. The highest BCUT2D eigenvalue weighted by Crippen LogP contribution is 2.30. The average molecular weight is 249 g/mol. The van der Waals surface area contributed by atoms with Crippen molar-refractivity contribution in [3.63, 3.8) is 0 Å². The normalized spacial score (nSPS) is 22.9. The number of nitro groups is 1. The summed E-state index contributed by atoms with van der Waals surface area (Å²) in [6, 6.07) is 5.37. The fourth-order valence-electron chi connectivity index (χ4n) is 2.61. The van der Waals surface area contributed by atoms with Gasteiger partial charge in [-0.1, -0.05) is 0 Å². The van der Waals surface area contributed by atoms with Crippen LogP contribution < -0.4 is 10.2 Å². The topological polar surface area (TPSA) is 67.6 Å². The molecule has 0 aromatic heterocycles. The van der Waals surface area contributed by atoms with Crippen molar-refractivity contribution in [2.24, 2.45) is 0 Å². The number of fused-ring (bicyclic) bond motifs is 3. The van der Waals surface area contributed by atoms with Gasteiger partial charge in [-0.25, -0.2) is 0 Å². The van der Waals surface area contributed by atoms with Crippen LogP contribution in [0.3, 0.4) is 0 Å². The Morgan fingerprint density at radius 2 is 2.39 bits per heavy atom. The van der Waals surface area contributed by atoms with Gasteiger partial charge < -0.3 is 15.0 Å². The van der Waals surface area contributed by atoms with Gasteiger partial charge >= 0.3 is 0 Å². The fraction of sp³-hybridized carbons (Fsp3) is 0.500. The van der Waals surface area contributed by atoms with Gasteiger partial charge in [0.1, 0.15) is 0 Å². The van der Waals surface area contributed by atoms with Crippen LogP contribution in [0.1, 0.15) is 5.56 Å². The number of nitrogens with one attached hydrogen (secondary N) is 1. The first-order chi connectivity index (χ1) is 8.75. The lowest BCUT2D eigenvalue weighted by Gasteiger charge is -2.36. The summed E-state index contributed by atoms with van der Waals surface area (Å²) in [5.74, 6) is 0. The molecular weight excluding hydrogens is 234 g/mol. The zero-order chi connectivity index (χ0) is 12.5. The lowest BCUT2D eigenvalue weighted by atomic mass is 10.1. The summed E-state index contributed by atoms with van der Waals surface area (Å²) >= 11 is 0. The molecule has 1 unspecified atom stereocenters. The Balaban J connectivity index is 1.99. The van der Waals surface area contributed by atoms with E-state index in [1.54, 1.807) is 12.1 Å². The van der Waals surface area contributed by atoms with Crippen molar-refractivity contribution in [2.45, 2.75) is 12.6 Å². The number of ether oxygens (including phenoxy) is 1. The van der Waals surface area contributed by atoms with E-state index in [-0.39, 0.29) is 10.6 Å². The average Bonchev–Trinajstić information content (AvgIpc) is 2.57. The van der Waals surface area contributed by atoms with Crippen molar-refractivity contribution in [3.8, 4) is 0 Å². The van der Waals surface area contributed by atoms with E-state index in [2.05, 4.69) is 10.2 Å². The first-order valence-electron chi connectivity index (χ1n) is 6.08. The summed E-state index contributed by atoms with van der Waals surface area (Å²) in [6.07, 6.45) is 0. The molecule has 6 heteroatoms.